The standard InChI is InChI=1S/C39H56BN3O8/c1-23(2)19-32(40-50-31-22-27-21-30(38(27,4)5)39(31,6)51-40)43-36(45)24(3)41-37(46)28(42-33(44)18-15-25-13-11-10-12-14-25)20-26-16-17-29(47-7)35(49-9)34(26)48-8/h10-14,16-17,23-24,27-28,30-32H,15,18-22H2,1-9H3,(H,41,46)(H,42,44)(H,43,45)/t24-,27-,28-,30-,31+,32-,39-/m0/s1. The number of hydrogen-bond donors (Lipinski definition) is 3. The Morgan fingerprint density at radius 2 is 1.59 bits per heavy atom. The van der Waals surface area contributed by atoms with E-state index in [9.17, 15) is 14.4 Å². The molecule has 3 aliphatic carbocycles. The Hall–Kier alpha value is -3.77. The second-order valence-electron chi connectivity index (χ2n) is 15.6. The van der Waals surface area contributed by atoms with Gasteiger partial charge in [-0.15, -0.1) is 0 Å². The van der Waals surface area contributed by atoms with Gasteiger partial charge < -0.3 is 39.5 Å². The molecule has 2 aromatic carbocycles. The lowest BCUT2D eigenvalue weighted by Crippen LogP contribution is -2.65. The molecule has 3 saturated carbocycles. The number of ether oxygens (including phenoxy) is 3. The lowest BCUT2D eigenvalue weighted by Gasteiger charge is -2.64. The zero-order chi connectivity index (χ0) is 37.1. The summed E-state index contributed by atoms with van der Waals surface area (Å²) in [5, 5.41) is 8.90. The Bertz CT molecular complexity index is 1550. The highest BCUT2D eigenvalue weighted by molar-refractivity contribution is 6.48. The summed E-state index contributed by atoms with van der Waals surface area (Å²) < 4.78 is 29.9. The molecule has 2 bridgehead atoms. The van der Waals surface area contributed by atoms with E-state index in [2.05, 4.69) is 50.6 Å². The van der Waals surface area contributed by atoms with Crippen molar-refractivity contribution in [1.29, 1.82) is 0 Å². The molecule has 12 heteroatoms. The molecule has 1 saturated heterocycles. The summed E-state index contributed by atoms with van der Waals surface area (Å²) >= 11 is 0. The Balaban J connectivity index is 1.29. The number of hydrogen-bond acceptors (Lipinski definition) is 8. The smallest absolute Gasteiger partial charge is 0.481 e. The summed E-state index contributed by atoms with van der Waals surface area (Å²) in [7, 11) is 3.95. The first-order valence-electron chi connectivity index (χ1n) is 18.3. The number of carbonyl (C=O) groups is 3. The first kappa shape index (κ1) is 38.5. The van der Waals surface area contributed by atoms with Crippen LogP contribution >= 0.6 is 0 Å². The quantitative estimate of drug-likeness (QED) is 0.215. The van der Waals surface area contributed by atoms with Gasteiger partial charge >= 0.3 is 7.12 Å². The third-order valence-corrected chi connectivity index (χ3v) is 11.4. The van der Waals surface area contributed by atoms with E-state index < -0.39 is 36.7 Å². The highest BCUT2D eigenvalue weighted by Gasteiger charge is 2.68. The molecule has 51 heavy (non-hydrogen) atoms. The van der Waals surface area contributed by atoms with Crippen LogP contribution in [0.2, 0.25) is 0 Å². The SMILES string of the molecule is COc1ccc(C[C@H](NC(=O)CCc2ccccc2)C(=O)N[C@@H](C)C(=O)N[C@@H](CC(C)C)B2O[C@@H]3C[C@@H]4C[C@@H](C4(C)C)[C@]3(C)O2)c(OC)c1OC. The summed E-state index contributed by atoms with van der Waals surface area (Å²) in [6.07, 6.45) is 3.51. The zero-order valence-corrected chi connectivity index (χ0v) is 31.7. The minimum absolute atomic E-state index is 0.0113. The van der Waals surface area contributed by atoms with Gasteiger partial charge in [-0.05, 0) is 74.3 Å². The Kier molecular flexibility index (Phi) is 12.0. The Morgan fingerprint density at radius 3 is 2.22 bits per heavy atom. The molecular formula is C39H56BN3O8. The van der Waals surface area contributed by atoms with Crippen LogP contribution < -0.4 is 30.2 Å². The summed E-state index contributed by atoms with van der Waals surface area (Å²) in [5.41, 5.74) is 1.44. The van der Waals surface area contributed by atoms with Crippen LogP contribution in [0.25, 0.3) is 0 Å². The van der Waals surface area contributed by atoms with Crippen LogP contribution in [-0.2, 0) is 36.5 Å². The maximum absolute atomic E-state index is 13.9. The van der Waals surface area contributed by atoms with Crippen molar-refractivity contribution >= 4 is 24.8 Å². The summed E-state index contributed by atoms with van der Waals surface area (Å²) in [4.78, 5) is 40.9. The van der Waals surface area contributed by atoms with Crippen LogP contribution in [0.15, 0.2) is 42.5 Å². The largest absolute Gasteiger partial charge is 0.493 e. The first-order valence-corrected chi connectivity index (χ1v) is 18.3. The molecule has 3 amide bonds. The summed E-state index contributed by atoms with van der Waals surface area (Å²) in [5.74, 6) is 0.961. The van der Waals surface area contributed by atoms with Gasteiger partial charge in [0.1, 0.15) is 12.1 Å². The number of rotatable bonds is 16. The van der Waals surface area contributed by atoms with Crippen molar-refractivity contribution in [3.63, 3.8) is 0 Å². The van der Waals surface area contributed by atoms with Crippen molar-refractivity contribution in [2.75, 3.05) is 21.3 Å². The first-order chi connectivity index (χ1) is 24.2. The van der Waals surface area contributed by atoms with Gasteiger partial charge in [-0.2, -0.15) is 0 Å². The monoisotopic (exact) mass is 705 g/mol. The van der Waals surface area contributed by atoms with Crippen molar-refractivity contribution in [1.82, 2.24) is 16.0 Å². The molecule has 278 valence electrons. The van der Waals surface area contributed by atoms with Crippen LogP contribution in [0.3, 0.4) is 0 Å². The fourth-order valence-corrected chi connectivity index (χ4v) is 8.43. The molecule has 1 heterocycles. The fourth-order valence-electron chi connectivity index (χ4n) is 8.43. The highest BCUT2D eigenvalue weighted by atomic mass is 16.7. The number of benzene rings is 2. The minimum atomic E-state index is -1.01. The summed E-state index contributed by atoms with van der Waals surface area (Å²) in [6.45, 7) is 12.6. The number of aryl methyl sites for hydroxylation is 1. The van der Waals surface area contributed by atoms with Crippen molar-refractivity contribution in [2.24, 2.45) is 23.2 Å². The molecule has 6 rings (SSSR count). The summed E-state index contributed by atoms with van der Waals surface area (Å²) in [6, 6.07) is 11.3. The predicted octanol–water partition coefficient (Wildman–Crippen LogP) is 4.68. The van der Waals surface area contributed by atoms with Crippen LogP contribution in [-0.4, -0.2) is 75.9 Å². The van der Waals surface area contributed by atoms with Crippen molar-refractivity contribution in [2.45, 2.75) is 110 Å². The van der Waals surface area contributed by atoms with E-state index in [-0.39, 0.29) is 42.1 Å². The van der Waals surface area contributed by atoms with Gasteiger partial charge in [0.15, 0.2) is 11.5 Å². The van der Waals surface area contributed by atoms with Crippen molar-refractivity contribution < 1.29 is 37.9 Å². The molecule has 1 aliphatic heterocycles. The van der Waals surface area contributed by atoms with Crippen molar-refractivity contribution in [3.8, 4) is 17.2 Å². The zero-order valence-electron chi connectivity index (χ0n) is 31.7. The van der Waals surface area contributed by atoms with E-state index in [1.54, 1.807) is 19.1 Å². The molecule has 0 aromatic heterocycles. The minimum Gasteiger partial charge on any atom is -0.493 e. The molecule has 0 unspecified atom stereocenters. The molecule has 4 aliphatic rings. The topological polar surface area (TPSA) is 133 Å². The van der Waals surface area contributed by atoms with Crippen LogP contribution in [0.4, 0.5) is 0 Å². The van der Waals surface area contributed by atoms with Gasteiger partial charge in [0.2, 0.25) is 23.5 Å². The second-order valence-corrected chi connectivity index (χ2v) is 15.6. The van der Waals surface area contributed by atoms with E-state index in [1.165, 1.54) is 21.3 Å². The van der Waals surface area contributed by atoms with Crippen LogP contribution in [0.1, 0.15) is 78.4 Å². The Morgan fingerprint density at radius 1 is 0.882 bits per heavy atom. The Labute approximate surface area is 303 Å². The normalized spacial score (nSPS) is 24.7. The highest BCUT2D eigenvalue weighted by Crippen LogP contribution is 2.65. The molecule has 11 nitrogen and oxygen atoms in total. The van der Waals surface area contributed by atoms with Crippen molar-refractivity contribution in [3.05, 3.63) is 53.6 Å². The van der Waals surface area contributed by atoms with Gasteiger partial charge in [-0.25, -0.2) is 0 Å². The van der Waals surface area contributed by atoms with Gasteiger partial charge in [0.05, 0.1) is 39.0 Å². The average Bonchev–Trinajstić information content (AvgIpc) is 3.47. The lowest BCUT2D eigenvalue weighted by atomic mass is 9.43. The van der Waals surface area contributed by atoms with E-state index in [1.807, 2.05) is 30.3 Å². The predicted molar refractivity (Wildman–Crippen MR) is 196 cm³/mol. The maximum atomic E-state index is 13.9. The number of methoxy groups -OCH3 is 3. The van der Waals surface area contributed by atoms with E-state index in [4.69, 9.17) is 23.5 Å². The second kappa shape index (κ2) is 15.9. The van der Waals surface area contributed by atoms with E-state index in [0.717, 1.165) is 18.4 Å². The molecule has 2 aromatic rings. The molecular weight excluding hydrogens is 649 g/mol. The number of amides is 3. The fraction of sp³-hybridized carbons (Fsp3) is 0.615. The third-order valence-electron chi connectivity index (χ3n) is 11.4. The van der Waals surface area contributed by atoms with Crippen LogP contribution in [0, 0.1) is 23.2 Å². The van der Waals surface area contributed by atoms with Gasteiger partial charge in [0, 0.05) is 18.4 Å². The van der Waals surface area contributed by atoms with Crippen LogP contribution in [0.5, 0.6) is 17.2 Å². The number of nitrogens with one attached hydrogen (secondary N) is 3. The van der Waals surface area contributed by atoms with E-state index in [0.29, 0.717) is 47.5 Å². The molecule has 0 radical (unpaired) electrons. The molecule has 7 atom stereocenters. The molecule has 3 N–H and O–H groups in total. The van der Waals surface area contributed by atoms with Gasteiger partial charge in [-0.3, -0.25) is 14.4 Å². The lowest BCUT2D eigenvalue weighted by molar-refractivity contribution is -0.199. The number of carbonyl (C=O) groups excluding carboxylic acids is 3. The van der Waals surface area contributed by atoms with Gasteiger partial charge in [0.25, 0.3) is 0 Å². The van der Waals surface area contributed by atoms with E-state index >= 15 is 0 Å². The maximum Gasteiger partial charge on any atom is 0.481 e. The average molecular weight is 706 g/mol. The third kappa shape index (κ3) is 8.17. The van der Waals surface area contributed by atoms with Gasteiger partial charge in [-0.1, -0.05) is 64.1 Å². The molecule has 4 fully saturated rings. The molecule has 0 spiro atoms.